The van der Waals surface area contributed by atoms with Gasteiger partial charge >= 0.3 is 0 Å². The topological polar surface area (TPSA) is 89.1 Å². The van der Waals surface area contributed by atoms with Crippen molar-refractivity contribution in [2.75, 3.05) is 52.9 Å². The van der Waals surface area contributed by atoms with Gasteiger partial charge in [0, 0.05) is 57.9 Å². The zero-order valence-electron chi connectivity index (χ0n) is 18.7. The summed E-state index contributed by atoms with van der Waals surface area (Å²) in [5.41, 5.74) is 1.76. The molecule has 0 atom stereocenters. The van der Waals surface area contributed by atoms with Crippen LogP contribution in [0.1, 0.15) is 36.7 Å². The van der Waals surface area contributed by atoms with Gasteiger partial charge in [-0.2, -0.15) is 0 Å². The first-order valence-corrected chi connectivity index (χ1v) is 10.8. The van der Waals surface area contributed by atoms with Gasteiger partial charge in [-0.15, -0.1) is 0 Å². The van der Waals surface area contributed by atoms with E-state index in [9.17, 15) is 9.59 Å². The van der Waals surface area contributed by atoms with Gasteiger partial charge in [-0.1, -0.05) is 12.1 Å². The van der Waals surface area contributed by atoms with E-state index in [0.29, 0.717) is 18.7 Å². The summed E-state index contributed by atoms with van der Waals surface area (Å²) >= 11 is 0. The Bertz CT molecular complexity index is 726. The number of hydrogen-bond donors (Lipinski definition) is 3. The van der Waals surface area contributed by atoms with E-state index in [4.69, 9.17) is 4.99 Å². The lowest BCUT2D eigenvalue weighted by Crippen LogP contribution is -2.54. The van der Waals surface area contributed by atoms with Crippen LogP contribution in [-0.2, 0) is 11.2 Å². The minimum atomic E-state index is -0.0753. The zero-order valence-corrected chi connectivity index (χ0v) is 18.7. The third-order valence-electron chi connectivity index (χ3n) is 4.90. The van der Waals surface area contributed by atoms with Crippen molar-refractivity contribution in [1.82, 2.24) is 25.8 Å². The standard InChI is InChI=1S/C22H36N6O2/c1-5-24-22(25-10-9-18-7-6-8-19(15-18)21(30)23-4)28-13-11-27(12-14-28)16-20(29)26-17(2)3/h6-8,15,17H,5,9-14,16H2,1-4H3,(H,23,30)(H,24,25)(H,26,29). The second-order valence-electron chi connectivity index (χ2n) is 7.75. The summed E-state index contributed by atoms with van der Waals surface area (Å²) in [6.45, 7) is 11.3. The number of piperazine rings is 1. The van der Waals surface area contributed by atoms with Gasteiger partial charge in [0.2, 0.25) is 5.91 Å². The molecule has 166 valence electrons. The van der Waals surface area contributed by atoms with Crippen LogP contribution in [0.4, 0.5) is 0 Å². The van der Waals surface area contributed by atoms with Crippen molar-refractivity contribution in [3.63, 3.8) is 0 Å². The highest BCUT2D eigenvalue weighted by molar-refractivity contribution is 5.94. The number of carbonyl (C=O) groups is 2. The molecular formula is C22H36N6O2. The lowest BCUT2D eigenvalue weighted by atomic mass is 10.1. The number of rotatable bonds is 8. The molecule has 30 heavy (non-hydrogen) atoms. The fourth-order valence-electron chi connectivity index (χ4n) is 3.42. The Morgan fingerprint density at radius 3 is 2.53 bits per heavy atom. The van der Waals surface area contributed by atoms with Crippen LogP contribution in [0, 0.1) is 0 Å². The van der Waals surface area contributed by atoms with Crippen LogP contribution < -0.4 is 16.0 Å². The van der Waals surface area contributed by atoms with E-state index >= 15 is 0 Å². The lowest BCUT2D eigenvalue weighted by molar-refractivity contribution is -0.123. The molecule has 1 fully saturated rings. The maximum atomic E-state index is 12.0. The number of aliphatic imine (C=N–C) groups is 1. The van der Waals surface area contributed by atoms with Crippen molar-refractivity contribution in [2.24, 2.45) is 4.99 Å². The Hall–Kier alpha value is -2.61. The molecule has 0 unspecified atom stereocenters. The van der Waals surface area contributed by atoms with E-state index in [0.717, 1.165) is 50.7 Å². The van der Waals surface area contributed by atoms with E-state index in [-0.39, 0.29) is 17.9 Å². The van der Waals surface area contributed by atoms with Crippen molar-refractivity contribution in [3.05, 3.63) is 35.4 Å². The monoisotopic (exact) mass is 416 g/mol. The number of amides is 2. The first-order valence-electron chi connectivity index (χ1n) is 10.8. The Morgan fingerprint density at radius 1 is 1.17 bits per heavy atom. The summed E-state index contributed by atoms with van der Waals surface area (Å²) < 4.78 is 0. The number of carbonyl (C=O) groups excluding carboxylic acids is 2. The Balaban J connectivity index is 1.88. The summed E-state index contributed by atoms with van der Waals surface area (Å²) in [6.07, 6.45) is 0.773. The largest absolute Gasteiger partial charge is 0.357 e. The second-order valence-corrected chi connectivity index (χ2v) is 7.75. The third kappa shape index (κ3) is 7.67. The molecule has 1 saturated heterocycles. The van der Waals surface area contributed by atoms with Gasteiger partial charge in [0.25, 0.3) is 5.91 Å². The fourth-order valence-corrected chi connectivity index (χ4v) is 3.42. The second kappa shape index (κ2) is 12.2. The van der Waals surface area contributed by atoms with Crippen LogP contribution in [0.15, 0.2) is 29.3 Å². The Morgan fingerprint density at radius 2 is 1.90 bits per heavy atom. The molecule has 8 heteroatoms. The van der Waals surface area contributed by atoms with E-state index in [1.165, 1.54) is 0 Å². The third-order valence-corrected chi connectivity index (χ3v) is 4.90. The maximum absolute atomic E-state index is 12.0. The van der Waals surface area contributed by atoms with E-state index < -0.39 is 0 Å². The van der Waals surface area contributed by atoms with Gasteiger partial charge in [-0.05, 0) is 44.9 Å². The first-order chi connectivity index (χ1) is 14.4. The molecular weight excluding hydrogens is 380 g/mol. The molecule has 1 aromatic carbocycles. The Kier molecular flexibility index (Phi) is 9.60. The minimum absolute atomic E-state index is 0.0753. The van der Waals surface area contributed by atoms with Crippen LogP contribution in [0.5, 0.6) is 0 Å². The van der Waals surface area contributed by atoms with E-state index in [1.54, 1.807) is 7.05 Å². The molecule has 0 bridgehead atoms. The highest BCUT2D eigenvalue weighted by atomic mass is 16.2. The van der Waals surface area contributed by atoms with E-state index in [1.807, 2.05) is 38.1 Å². The van der Waals surface area contributed by atoms with Gasteiger partial charge in [0.1, 0.15) is 0 Å². The summed E-state index contributed by atoms with van der Waals surface area (Å²) in [6, 6.07) is 7.83. The zero-order chi connectivity index (χ0) is 21.9. The molecule has 0 saturated carbocycles. The molecule has 1 heterocycles. The molecule has 1 aliphatic rings. The first kappa shape index (κ1) is 23.7. The van der Waals surface area contributed by atoms with Crippen molar-refractivity contribution in [1.29, 1.82) is 0 Å². The molecule has 3 N–H and O–H groups in total. The molecule has 2 rings (SSSR count). The molecule has 0 spiro atoms. The predicted octanol–water partition coefficient (Wildman–Crippen LogP) is 0.696. The summed E-state index contributed by atoms with van der Waals surface area (Å²) in [4.78, 5) is 33.0. The molecule has 0 radical (unpaired) electrons. The summed E-state index contributed by atoms with van der Waals surface area (Å²) in [5.74, 6) is 0.915. The number of nitrogens with one attached hydrogen (secondary N) is 3. The van der Waals surface area contributed by atoms with Gasteiger partial charge < -0.3 is 20.9 Å². The maximum Gasteiger partial charge on any atom is 0.251 e. The SMILES string of the molecule is CCNC(=NCCc1cccc(C(=O)NC)c1)N1CCN(CC(=O)NC(C)C)CC1. The van der Waals surface area contributed by atoms with Crippen LogP contribution in [-0.4, -0.2) is 86.5 Å². The highest BCUT2D eigenvalue weighted by Crippen LogP contribution is 2.07. The summed E-state index contributed by atoms with van der Waals surface area (Å²) in [5, 5.41) is 8.97. The average molecular weight is 417 g/mol. The molecule has 8 nitrogen and oxygen atoms in total. The summed E-state index contributed by atoms with van der Waals surface area (Å²) in [7, 11) is 1.64. The van der Waals surface area contributed by atoms with Crippen LogP contribution >= 0.6 is 0 Å². The Labute approximate surface area is 180 Å². The average Bonchev–Trinajstić information content (AvgIpc) is 2.73. The number of guanidine groups is 1. The van der Waals surface area contributed by atoms with Crippen LogP contribution in [0.2, 0.25) is 0 Å². The van der Waals surface area contributed by atoms with Crippen molar-refractivity contribution < 1.29 is 9.59 Å². The normalized spacial score (nSPS) is 15.2. The van der Waals surface area contributed by atoms with Crippen molar-refractivity contribution in [3.8, 4) is 0 Å². The molecule has 1 aliphatic heterocycles. The number of nitrogens with zero attached hydrogens (tertiary/aromatic N) is 3. The molecule has 0 aromatic heterocycles. The van der Waals surface area contributed by atoms with Crippen molar-refractivity contribution in [2.45, 2.75) is 33.2 Å². The number of hydrogen-bond acceptors (Lipinski definition) is 4. The smallest absolute Gasteiger partial charge is 0.251 e. The highest BCUT2D eigenvalue weighted by Gasteiger charge is 2.21. The predicted molar refractivity (Wildman–Crippen MR) is 121 cm³/mol. The van der Waals surface area contributed by atoms with Crippen LogP contribution in [0.3, 0.4) is 0 Å². The number of benzene rings is 1. The molecule has 2 amide bonds. The molecule has 1 aromatic rings. The van der Waals surface area contributed by atoms with Gasteiger partial charge in [0.05, 0.1) is 6.54 Å². The van der Waals surface area contributed by atoms with E-state index in [2.05, 4.69) is 32.7 Å². The van der Waals surface area contributed by atoms with Gasteiger partial charge in [0.15, 0.2) is 5.96 Å². The molecule has 0 aliphatic carbocycles. The minimum Gasteiger partial charge on any atom is -0.357 e. The van der Waals surface area contributed by atoms with Crippen molar-refractivity contribution >= 4 is 17.8 Å². The van der Waals surface area contributed by atoms with Gasteiger partial charge in [-0.25, -0.2) is 0 Å². The van der Waals surface area contributed by atoms with Gasteiger partial charge in [-0.3, -0.25) is 19.5 Å². The quantitative estimate of drug-likeness (QED) is 0.429. The van der Waals surface area contributed by atoms with Crippen LogP contribution in [0.25, 0.3) is 0 Å². The lowest BCUT2D eigenvalue weighted by Gasteiger charge is -2.36. The fraction of sp³-hybridized carbons (Fsp3) is 0.591.